The highest BCUT2D eigenvalue weighted by Gasteiger charge is 2.49. The maximum absolute atomic E-state index is 12.0. The van der Waals surface area contributed by atoms with Crippen LogP contribution in [0.2, 0.25) is 0 Å². The van der Waals surface area contributed by atoms with E-state index >= 15 is 0 Å². The molecule has 2 bridgehead atoms. The van der Waals surface area contributed by atoms with Gasteiger partial charge in [0.2, 0.25) is 0 Å². The van der Waals surface area contributed by atoms with Crippen molar-refractivity contribution in [1.82, 2.24) is 10.2 Å². The lowest BCUT2D eigenvalue weighted by Crippen LogP contribution is -2.68. The summed E-state index contributed by atoms with van der Waals surface area (Å²) in [7, 11) is 0. The van der Waals surface area contributed by atoms with Crippen LogP contribution in [-0.2, 0) is 9.53 Å². The van der Waals surface area contributed by atoms with Gasteiger partial charge in [0.1, 0.15) is 5.60 Å². The van der Waals surface area contributed by atoms with E-state index in [4.69, 9.17) is 4.74 Å². The Morgan fingerprint density at radius 2 is 1.95 bits per heavy atom. The second-order valence-corrected chi connectivity index (χ2v) is 6.90. The number of carbonyl (C=O) groups is 2. The normalized spacial score (nSPS) is 32.8. The second-order valence-electron chi connectivity index (χ2n) is 6.90. The number of hydrogen-bond acceptors (Lipinski definition) is 4. The standard InChI is InChI=1S/C14H24N2O4/c1-13(2,3)20-12(19)15-14(8-11(17)18)9-16-6-4-10(14)5-7-16/h10H,4-9H2,1-3H3,(H,15,19)(H,17,18). The molecule has 1 atom stereocenters. The predicted molar refractivity (Wildman–Crippen MR) is 73.5 cm³/mol. The summed E-state index contributed by atoms with van der Waals surface area (Å²) < 4.78 is 5.29. The number of ether oxygens (including phenoxy) is 1. The summed E-state index contributed by atoms with van der Waals surface area (Å²) in [6.07, 6.45) is 1.30. The molecule has 20 heavy (non-hydrogen) atoms. The number of carbonyl (C=O) groups excluding carboxylic acids is 1. The summed E-state index contributed by atoms with van der Waals surface area (Å²) >= 11 is 0. The lowest BCUT2D eigenvalue weighted by atomic mass is 9.71. The summed E-state index contributed by atoms with van der Waals surface area (Å²) in [5, 5.41) is 12.1. The van der Waals surface area contributed by atoms with Gasteiger partial charge in [-0.15, -0.1) is 0 Å². The zero-order chi connectivity index (χ0) is 15.0. The molecule has 3 heterocycles. The third-order valence-corrected chi connectivity index (χ3v) is 4.09. The van der Waals surface area contributed by atoms with E-state index in [1.165, 1.54) is 0 Å². The molecule has 2 N–H and O–H groups in total. The summed E-state index contributed by atoms with van der Waals surface area (Å²) in [6, 6.07) is 0. The molecule has 6 heteroatoms. The Kier molecular flexibility index (Phi) is 3.95. The van der Waals surface area contributed by atoms with E-state index in [0.29, 0.717) is 6.54 Å². The Balaban J connectivity index is 2.12. The van der Waals surface area contributed by atoms with Crippen molar-refractivity contribution in [1.29, 1.82) is 0 Å². The number of nitrogens with zero attached hydrogens (tertiary/aromatic N) is 1. The molecular formula is C14H24N2O4. The van der Waals surface area contributed by atoms with Crippen LogP contribution in [0.5, 0.6) is 0 Å². The van der Waals surface area contributed by atoms with Crippen LogP contribution in [0.25, 0.3) is 0 Å². The number of carboxylic acid groups (broad SMARTS) is 1. The van der Waals surface area contributed by atoms with E-state index in [1.54, 1.807) is 20.8 Å². The average Bonchev–Trinajstić information content (AvgIpc) is 2.25. The first-order chi connectivity index (χ1) is 9.20. The van der Waals surface area contributed by atoms with Gasteiger partial charge >= 0.3 is 12.1 Å². The number of amides is 1. The predicted octanol–water partition coefficient (Wildman–Crippen LogP) is 1.45. The van der Waals surface area contributed by atoms with Gasteiger partial charge in [-0.3, -0.25) is 4.79 Å². The van der Waals surface area contributed by atoms with Crippen LogP contribution in [0.1, 0.15) is 40.0 Å². The van der Waals surface area contributed by atoms with Gasteiger partial charge < -0.3 is 20.1 Å². The molecule has 3 saturated heterocycles. The van der Waals surface area contributed by atoms with Crippen LogP contribution >= 0.6 is 0 Å². The SMILES string of the molecule is CC(C)(C)OC(=O)NC1(CC(=O)O)CN2CCC1CC2. The van der Waals surface area contributed by atoms with E-state index in [0.717, 1.165) is 25.9 Å². The van der Waals surface area contributed by atoms with Crippen LogP contribution in [0.15, 0.2) is 0 Å². The highest BCUT2D eigenvalue weighted by Crippen LogP contribution is 2.38. The fourth-order valence-corrected chi connectivity index (χ4v) is 3.33. The number of alkyl carbamates (subject to hydrolysis) is 1. The van der Waals surface area contributed by atoms with Crippen molar-refractivity contribution in [2.24, 2.45) is 5.92 Å². The van der Waals surface area contributed by atoms with Gasteiger partial charge in [-0.25, -0.2) is 4.79 Å². The molecule has 3 aliphatic rings. The van der Waals surface area contributed by atoms with Crippen molar-refractivity contribution < 1.29 is 19.4 Å². The smallest absolute Gasteiger partial charge is 0.408 e. The van der Waals surface area contributed by atoms with Gasteiger partial charge in [-0.2, -0.15) is 0 Å². The van der Waals surface area contributed by atoms with Crippen LogP contribution in [0, 0.1) is 5.92 Å². The number of fused-ring (bicyclic) bond motifs is 3. The number of rotatable bonds is 3. The minimum absolute atomic E-state index is 0.0482. The van der Waals surface area contributed by atoms with Crippen molar-refractivity contribution in [3.05, 3.63) is 0 Å². The monoisotopic (exact) mass is 284 g/mol. The highest BCUT2D eigenvalue weighted by molar-refractivity contribution is 5.73. The zero-order valence-corrected chi connectivity index (χ0v) is 12.4. The molecule has 114 valence electrons. The largest absolute Gasteiger partial charge is 0.481 e. The highest BCUT2D eigenvalue weighted by atomic mass is 16.6. The summed E-state index contributed by atoms with van der Waals surface area (Å²) in [5.41, 5.74) is -1.27. The minimum atomic E-state index is -0.880. The molecule has 6 nitrogen and oxygen atoms in total. The van der Waals surface area contributed by atoms with Crippen molar-refractivity contribution >= 4 is 12.1 Å². The average molecular weight is 284 g/mol. The lowest BCUT2D eigenvalue weighted by Gasteiger charge is -2.52. The molecule has 1 amide bonds. The van der Waals surface area contributed by atoms with E-state index in [9.17, 15) is 14.7 Å². The summed E-state index contributed by atoms with van der Waals surface area (Å²) in [4.78, 5) is 25.5. The molecule has 0 aromatic rings. The van der Waals surface area contributed by atoms with Crippen molar-refractivity contribution in [2.75, 3.05) is 19.6 Å². The second kappa shape index (κ2) is 5.24. The van der Waals surface area contributed by atoms with Crippen LogP contribution in [0.3, 0.4) is 0 Å². The Hall–Kier alpha value is -1.30. The van der Waals surface area contributed by atoms with Gasteiger partial charge in [0.25, 0.3) is 0 Å². The molecule has 0 saturated carbocycles. The van der Waals surface area contributed by atoms with E-state index in [2.05, 4.69) is 10.2 Å². The number of hydrogen-bond donors (Lipinski definition) is 2. The van der Waals surface area contributed by atoms with Crippen LogP contribution in [0.4, 0.5) is 4.79 Å². The zero-order valence-electron chi connectivity index (χ0n) is 12.4. The third kappa shape index (κ3) is 3.42. The van der Waals surface area contributed by atoms with Crippen molar-refractivity contribution in [3.8, 4) is 0 Å². The van der Waals surface area contributed by atoms with Gasteiger partial charge in [0.05, 0.1) is 12.0 Å². The molecular weight excluding hydrogens is 260 g/mol. The maximum atomic E-state index is 12.0. The maximum Gasteiger partial charge on any atom is 0.408 e. The Morgan fingerprint density at radius 3 is 2.35 bits per heavy atom. The van der Waals surface area contributed by atoms with Crippen LogP contribution in [-0.4, -0.2) is 52.8 Å². The van der Waals surface area contributed by atoms with E-state index in [1.807, 2.05) is 0 Å². The number of carboxylic acids is 1. The topological polar surface area (TPSA) is 78.9 Å². The molecule has 3 aliphatic heterocycles. The minimum Gasteiger partial charge on any atom is -0.481 e. The fourth-order valence-electron chi connectivity index (χ4n) is 3.33. The first-order valence-corrected chi connectivity index (χ1v) is 7.15. The molecule has 1 unspecified atom stereocenters. The van der Waals surface area contributed by atoms with Gasteiger partial charge in [-0.05, 0) is 52.6 Å². The van der Waals surface area contributed by atoms with Crippen molar-refractivity contribution in [2.45, 2.75) is 51.2 Å². The van der Waals surface area contributed by atoms with E-state index < -0.39 is 23.2 Å². The molecule has 3 rings (SSSR count). The molecule has 0 spiro atoms. The Morgan fingerprint density at radius 1 is 1.35 bits per heavy atom. The summed E-state index contributed by atoms with van der Waals surface area (Å²) in [5.74, 6) is -0.661. The summed E-state index contributed by atoms with van der Waals surface area (Å²) in [6.45, 7) is 7.97. The van der Waals surface area contributed by atoms with Gasteiger partial charge in [-0.1, -0.05) is 0 Å². The quantitative estimate of drug-likeness (QED) is 0.820. The molecule has 0 radical (unpaired) electrons. The first-order valence-electron chi connectivity index (χ1n) is 7.15. The molecule has 0 aliphatic carbocycles. The molecule has 0 aromatic heterocycles. The van der Waals surface area contributed by atoms with Gasteiger partial charge in [0.15, 0.2) is 0 Å². The van der Waals surface area contributed by atoms with Crippen molar-refractivity contribution in [3.63, 3.8) is 0 Å². The number of piperidine rings is 3. The van der Waals surface area contributed by atoms with Crippen LogP contribution < -0.4 is 5.32 Å². The fraction of sp³-hybridized carbons (Fsp3) is 0.857. The third-order valence-electron chi connectivity index (χ3n) is 4.09. The molecule has 3 fully saturated rings. The number of aliphatic carboxylic acids is 1. The Bertz CT molecular complexity index is 396. The van der Waals surface area contributed by atoms with Gasteiger partial charge in [0, 0.05) is 6.54 Å². The lowest BCUT2D eigenvalue weighted by molar-refractivity contribution is -0.141. The van der Waals surface area contributed by atoms with E-state index in [-0.39, 0.29) is 12.3 Å². The first kappa shape index (κ1) is 15.1. The molecule has 0 aromatic carbocycles. The Labute approximate surface area is 119 Å². The number of nitrogens with one attached hydrogen (secondary N) is 1.